The Hall–Kier alpha value is -1.48. The Labute approximate surface area is 118 Å². The average molecular weight is 280 g/mol. The third kappa shape index (κ3) is 2.76. The Morgan fingerprint density at radius 2 is 2.05 bits per heavy atom. The van der Waals surface area contributed by atoms with Gasteiger partial charge in [0.25, 0.3) is 0 Å². The number of hydrogen-bond donors (Lipinski definition) is 0. The highest BCUT2D eigenvalue weighted by Gasteiger charge is 2.22. The molecule has 1 aromatic carbocycles. The molecule has 1 aromatic heterocycles. The first kappa shape index (κ1) is 13.9. The molecule has 0 N–H and O–H groups in total. The van der Waals surface area contributed by atoms with Crippen LogP contribution in [0.1, 0.15) is 32.0 Å². The topological polar surface area (TPSA) is 31.2 Å². The fourth-order valence-electron chi connectivity index (χ4n) is 2.06. The number of carbonyl (C=O) groups is 1. The van der Waals surface area contributed by atoms with E-state index in [-0.39, 0.29) is 12.0 Å². The zero-order valence-electron chi connectivity index (χ0n) is 11.7. The normalized spacial score (nSPS) is 11.8. The van der Waals surface area contributed by atoms with Gasteiger partial charge in [0.2, 0.25) is 0 Å². The molecular weight excluding hydrogens is 262 g/mol. The van der Waals surface area contributed by atoms with Crippen molar-refractivity contribution in [2.75, 3.05) is 0 Å². The zero-order valence-corrected chi connectivity index (χ0v) is 12.4. The number of ether oxygens (including phenoxy) is 1. The van der Waals surface area contributed by atoms with Crippen molar-refractivity contribution >= 4 is 28.6 Å². The van der Waals surface area contributed by atoms with E-state index in [0.717, 1.165) is 22.2 Å². The molecule has 4 heteroatoms. The molecule has 0 saturated heterocycles. The Morgan fingerprint density at radius 1 is 1.37 bits per heavy atom. The molecule has 0 aliphatic rings. The fraction of sp³-hybridized carbons (Fsp3) is 0.400. The van der Waals surface area contributed by atoms with Crippen molar-refractivity contribution in [2.24, 2.45) is 0 Å². The summed E-state index contributed by atoms with van der Waals surface area (Å²) in [6.07, 6.45) is -0.385. The number of alkyl halides is 1. The monoisotopic (exact) mass is 279 g/mol. The minimum Gasteiger partial charge on any atom is -0.443 e. The van der Waals surface area contributed by atoms with Gasteiger partial charge in [0.1, 0.15) is 5.60 Å². The lowest BCUT2D eigenvalue weighted by molar-refractivity contribution is 0.0541. The number of fused-ring (bicyclic) bond motifs is 1. The molecule has 102 valence electrons. The highest BCUT2D eigenvalue weighted by atomic mass is 35.5. The predicted molar refractivity (Wildman–Crippen MR) is 77.9 cm³/mol. The molecule has 0 unspecified atom stereocenters. The Morgan fingerprint density at radius 3 is 2.63 bits per heavy atom. The van der Waals surface area contributed by atoms with E-state index in [9.17, 15) is 4.79 Å². The molecule has 0 radical (unpaired) electrons. The number of halogens is 1. The van der Waals surface area contributed by atoms with E-state index in [2.05, 4.69) is 0 Å². The lowest BCUT2D eigenvalue weighted by Gasteiger charge is -2.20. The second-order valence-corrected chi connectivity index (χ2v) is 5.86. The molecule has 0 atom stereocenters. The smallest absolute Gasteiger partial charge is 0.419 e. The van der Waals surface area contributed by atoms with Gasteiger partial charge in [-0.25, -0.2) is 9.36 Å². The highest BCUT2D eigenvalue weighted by Crippen LogP contribution is 2.25. The lowest BCUT2D eigenvalue weighted by atomic mass is 10.1. The number of rotatable bonds is 1. The predicted octanol–water partition coefficient (Wildman–Crippen LogP) is 4.47. The molecule has 19 heavy (non-hydrogen) atoms. The Balaban J connectivity index is 2.58. The van der Waals surface area contributed by atoms with Gasteiger partial charge < -0.3 is 4.74 Å². The van der Waals surface area contributed by atoms with Crippen LogP contribution >= 0.6 is 11.6 Å². The Bertz CT molecular complexity index is 623. The van der Waals surface area contributed by atoms with Gasteiger partial charge in [-0.1, -0.05) is 12.1 Å². The van der Waals surface area contributed by atoms with Crippen LogP contribution in [0.4, 0.5) is 4.79 Å². The van der Waals surface area contributed by atoms with Crippen LogP contribution in [-0.4, -0.2) is 16.3 Å². The van der Waals surface area contributed by atoms with E-state index >= 15 is 0 Å². The molecule has 0 saturated carbocycles. The van der Waals surface area contributed by atoms with Crippen molar-refractivity contribution in [1.82, 2.24) is 4.57 Å². The van der Waals surface area contributed by atoms with E-state index < -0.39 is 5.60 Å². The van der Waals surface area contributed by atoms with Crippen LogP contribution in [0.25, 0.3) is 10.9 Å². The minimum atomic E-state index is -0.527. The SMILES string of the molecule is Cc1cccc2c1cc(CCl)n2C(=O)OC(C)(C)C. The first-order chi connectivity index (χ1) is 8.83. The average Bonchev–Trinajstić information content (AvgIpc) is 2.66. The largest absolute Gasteiger partial charge is 0.443 e. The number of benzene rings is 1. The van der Waals surface area contributed by atoms with Crippen LogP contribution < -0.4 is 0 Å². The summed E-state index contributed by atoms with van der Waals surface area (Å²) in [7, 11) is 0. The van der Waals surface area contributed by atoms with Gasteiger partial charge >= 0.3 is 6.09 Å². The van der Waals surface area contributed by atoms with Gasteiger partial charge in [-0.05, 0) is 45.4 Å². The standard InChI is InChI=1S/C15H18ClNO2/c1-10-6-5-7-13-12(10)8-11(9-16)17(13)14(18)19-15(2,3)4/h5-8H,9H2,1-4H3. The molecule has 2 aromatic rings. The highest BCUT2D eigenvalue weighted by molar-refractivity contribution is 6.17. The molecule has 0 aliphatic heterocycles. The molecule has 0 amide bonds. The molecular formula is C15H18ClNO2. The molecule has 3 nitrogen and oxygen atoms in total. The first-order valence-corrected chi connectivity index (χ1v) is 6.76. The summed E-state index contributed by atoms with van der Waals surface area (Å²) in [5.41, 5.74) is 2.18. The van der Waals surface area contributed by atoms with E-state index in [4.69, 9.17) is 16.3 Å². The third-order valence-electron chi connectivity index (χ3n) is 2.85. The van der Waals surface area contributed by atoms with Crippen LogP contribution in [0.2, 0.25) is 0 Å². The summed E-state index contributed by atoms with van der Waals surface area (Å²) in [6.45, 7) is 7.56. The van der Waals surface area contributed by atoms with Crippen LogP contribution in [0.5, 0.6) is 0 Å². The van der Waals surface area contributed by atoms with Gasteiger partial charge in [-0.2, -0.15) is 0 Å². The van der Waals surface area contributed by atoms with Crippen molar-refractivity contribution in [3.8, 4) is 0 Å². The molecule has 0 bridgehead atoms. The number of carbonyl (C=O) groups excluding carboxylic acids is 1. The van der Waals surface area contributed by atoms with Gasteiger partial charge in [0, 0.05) is 11.1 Å². The summed E-state index contributed by atoms with van der Waals surface area (Å²) in [6, 6.07) is 7.79. The summed E-state index contributed by atoms with van der Waals surface area (Å²) in [4.78, 5) is 12.3. The fourth-order valence-corrected chi connectivity index (χ4v) is 2.25. The lowest BCUT2D eigenvalue weighted by Crippen LogP contribution is -2.27. The first-order valence-electron chi connectivity index (χ1n) is 6.23. The van der Waals surface area contributed by atoms with Crippen molar-refractivity contribution < 1.29 is 9.53 Å². The van der Waals surface area contributed by atoms with Gasteiger partial charge in [-0.3, -0.25) is 0 Å². The maximum absolute atomic E-state index is 12.3. The summed E-state index contributed by atoms with van der Waals surface area (Å²) in [5, 5.41) is 1.03. The summed E-state index contributed by atoms with van der Waals surface area (Å²) >= 11 is 5.94. The zero-order chi connectivity index (χ0) is 14.2. The van der Waals surface area contributed by atoms with E-state index in [0.29, 0.717) is 0 Å². The molecule has 0 spiro atoms. The third-order valence-corrected chi connectivity index (χ3v) is 3.13. The molecule has 0 aliphatic carbocycles. The minimum absolute atomic E-state index is 0.271. The second kappa shape index (κ2) is 4.89. The van der Waals surface area contributed by atoms with Crippen molar-refractivity contribution in [1.29, 1.82) is 0 Å². The van der Waals surface area contributed by atoms with Crippen LogP contribution in [-0.2, 0) is 10.6 Å². The second-order valence-electron chi connectivity index (χ2n) is 5.59. The van der Waals surface area contributed by atoms with Gasteiger partial charge in [-0.15, -0.1) is 11.6 Å². The van der Waals surface area contributed by atoms with Crippen LogP contribution in [0.15, 0.2) is 24.3 Å². The quantitative estimate of drug-likeness (QED) is 0.721. The summed E-state index contributed by atoms with van der Waals surface area (Å²) in [5.74, 6) is 0.271. The maximum atomic E-state index is 12.3. The molecule has 1 heterocycles. The van der Waals surface area contributed by atoms with Crippen molar-refractivity contribution in [2.45, 2.75) is 39.2 Å². The van der Waals surface area contributed by atoms with E-state index in [1.807, 2.05) is 52.0 Å². The van der Waals surface area contributed by atoms with Crippen molar-refractivity contribution in [3.63, 3.8) is 0 Å². The van der Waals surface area contributed by atoms with Crippen LogP contribution in [0.3, 0.4) is 0 Å². The van der Waals surface area contributed by atoms with Crippen LogP contribution in [0, 0.1) is 6.92 Å². The Kier molecular flexibility index (Phi) is 3.59. The number of aryl methyl sites for hydroxylation is 1. The van der Waals surface area contributed by atoms with Crippen molar-refractivity contribution in [3.05, 3.63) is 35.5 Å². The molecule has 2 rings (SSSR count). The number of aromatic nitrogens is 1. The van der Waals surface area contributed by atoms with E-state index in [1.165, 1.54) is 0 Å². The molecule has 0 fully saturated rings. The number of hydrogen-bond acceptors (Lipinski definition) is 2. The maximum Gasteiger partial charge on any atom is 0.419 e. The van der Waals surface area contributed by atoms with E-state index in [1.54, 1.807) is 4.57 Å². The number of nitrogens with zero attached hydrogens (tertiary/aromatic N) is 1. The summed E-state index contributed by atoms with van der Waals surface area (Å²) < 4.78 is 6.99. The van der Waals surface area contributed by atoms with Gasteiger partial charge in [0.05, 0.1) is 11.4 Å². The van der Waals surface area contributed by atoms with Gasteiger partial charge in [0.15, 0.2) is 0 Å².